The van der Waals surface area contributed by atoms with Gasteiger partial charge in [0.1, 0.15) is 0 Å². The molecule has 0 aromatic heterocycles. The molecule has 0 heterocycles. The van der Waals surface area contributed by atoms with Crippen molar-refractivity contribution in [2.45, 2.75) is 6.92 Å². The Morgan fingerprint density at radius 2 is 1.71 bits per heavy atom. The van der Waals surface area contributed by atoms with Gasteiger partial charge in [-0.25, -0.2) is 0 Å². The van der Waals surface area contributed by atoms with Gasteiger partial charge in [0.25, 0.3) is 0 Å². The van der Waals surface area contributed by atoms with Crippen LogP contribution in [-0.2, 0) is 0 Å². The fourth-order valence-corrected chi connectivity index (χ4v) is 2.02. The number of hydrogen-bond donors (Lipinski definition) is 2. The predicted octanol–water partition coefficient (Wildman–Crippen LogP) is 4.63. The molecule has 0 unspecified atom stereocenters. The maximum Gasteiger partial charge on any atom is 0.0763 e. The van der Waals surface area contributed by atoms with Gasteiger partial charge in [0.2, 0.25) is 0 Å². The van der Waals surface area contributed by atoms with E-state index in [9.17, 15) is 0 Å². The lowest BCUT2D eigenvalue weighted by Crippen LogP contribution is -1.97. The van der Waals surface area contributed by atoms with E-state index < -0.39 is 0 Å². The Balaban J connectivity index is 2.41. The average molecular weight is 267 g/mol. The molecule has 0 bridgehead atoms. The van der Waals surface area contributed by atoms with Crippen molar-refractivity contribution in [3.05, 3.63) is 52.0 Å². The Morgan fingerprint density at radius 1 is 1.06 bits per heavy atom. The molecule has 0 aliphatic carbocycles. The predicted molar refractivity (Wildman–Crippen MR) is 75.3 cm³/mol. The van der Waals surface area contributed by atoms with E-state index in [4.69, 9.17) is 28.9 Å². The van der Waals surface area contributed by atoms with E-state index in [0.29, 0.717) is 21.4 Å². The van der Waals surface area contributed by atoms with Crippen LogP contribution in [0.2, 0.25) is 10.0 Å². The third-order valence-corrected chi connectivity index (χ3v) is 3.06. The smallest absolute Gasteiger partial charge is 0.0763 e. The molecule has 2 aromatic rings. The van der Waals surface area contributed by atoms with Crippen LogP contribution in [0.5, 0.6) is 0 Å². The number of nitrogens with two attached hydrogens (primary N) is 1. The summed E-state index contributed by atoms with van der Waals surface area (Å²) in [5, 5.41) is 4.30. The first kappa shape index (κ1) is 12.1. The van der Waals surface area contributed by atoms with E-state index in [2.05, 4.69) is 5.32 Å². The Bertz CT molecular complexity index is 533. The fourth-order valence-electron chi connectivity index (χ4n) is 1.53. The number of nitrogens with one attached hydrogen (secondary N) is 1. The van der Waals surface area contributed by atoms with Gasteiger partial charge in [-0.15, -0.1) is 0 Å². The third kappa shape index (κ3) is 2.65. The minimum atomic E-state index is 0.568. The maximum atomic E-state index is 6.08. The lowest BCUT2D eigenvalue weighted by atomic mass is 10.2. The summed E-state index contributed by atoms with van der Waals surface area (Å²) in [6.07, 6.45) is 0. The zero-order chi connectivity index (χ0) is 12.4. The topological polar surface area (TPSA) is 38.0 Å². The number of aryl methyl sites for hydroxylation is 1. The highest BCUT2D eigenvalue weighted by Crippen LogP contribution is 2.34. The largest absolute Gasteiger partial charge is 0.397 e. The minimum Gasteiger partial charge on any atom is -0.397 e. The van der Waals surface area contributed by atoms with Crippen LogP contribution in [0.25, 0.3) is 0 Å². The van der Waals surface area contributed by atoms with Crippen molar-refractivity contribution < 1.29 is 0 Å². The minimum absolute atomic E-state index is 0.568. The molecular weight excluding hydrogens is 255 g/mol. The van der Waals surface area contributed by atoms with Gasteiger partial charge in [0.05, 0.1) is 27.1 Å². The van der Waals surface area contributed by atoms with Crippen LogP contribution < -0.4 is 11.1 Å². The van der Waals surface area contributed by atoms with Crippen molar-refractivity contribution in [3.8, 4) is 0 Å². The normalized spacial score (nSPS) is 10.3. The van der Waals surface area contributed by atoms with E-state index in [-0.39, 0.29) is 0 Å². The molecule has 0 atom stereocenters. The lowest BCUT2D eigenvalue weighted by Gasteiger charge is -2.12. The quantitative estimate of drug-likeness (QED) is 0.778. The Hall–Kier alpha value is -1.38. The second kappa shape index (κ2) is 4.86. The van der Waals surface area contributed by atoms with Crippen molar-refractivity contribution in [1.82, 2.24) is 0 Å². The summed E-state index contributed by atoms with van der Waals surface area (Å²) in [5.74, 6) is 0. The number of anilines is 3. The molecule has 0 aliphatic rings. The van der Waals surface area contributed by atoms with Gasteiger partial charge in [-0.2, -0.15) is 0 Å². The molecule has 4 heteroatoms. The molecule has 2 rings (SSSR count). The SMILES string of the molecule is Cc1ccc(N)c(Nc2c(Cl)cccc2Cl)c1. The van der Waals surface area contributed by atoms with E-state index in [1.165, 1.54) is 0 Å². The Labute approximate surface area is 110 Å². The highest BCUT2D eigenvalue weighted by Gasteiger charge is 2.07. The maximum absolute atomic E-state index is 6.08. The van der Waals surface area contributed by atoms with Crippen LogP contribution in [0.3, 0.4) is 0 Å². The highest BCUT2D eigenvalue weighted by atomic mass is 35.5. The van der Waals surface area contributed by atoms with Crippen molar-refractivity contribution in [3.63, 3.8) is 0 Å². The molecule has 0 saturated heterocycles. The number of nitrogen functional groups attached to an aromatic ring is 1. The highest BCUT2D eigenvalue weighted by molar-refractivity contribution is 6.39. The summed E-state index contributed by atoms with van der Waals surface area (Å²) in [7, 11) is 0. The molecule has 2 nitrogen and oxygen atoms in total. The van der Waals surface area contributed by atoms with Crippen LogP contribution in [0, 0.1) is 6.92 Å². The Kier molecular flexibility index (Phi) is 3.46. The molecular formula is C13H12Cl2N2. The molecule has 0 spiro atoms. The number of para-hydroxylation sites is 1. The van der Waals surface area contributed by atoms with Gasteiger partial charge >= 0.3 is 0 Å². The fraction of sp³-hybridized carbons (Fsp3) is 0.0769. The number of benzene rings is 2. The molecule has 0 fully saturated rings. The van der Waals surface area contributed by atoms with E-state index in [1.807, 2.05) is 25.1 Å². The van der Waals surface area contributed by atoms with Crippen LogP contribution in [0.1, 0.15) is 5.56 Å². The first-order valence-electron chi connectivity index (χ1n) is 5.15. The van der Waals surface area contributed by atoms with Crippen LogP contribution in [-0.4, -0.2) is 0 Å². The van der Waals surface area contributed by atoms with Crippen LogP contribution in [0.4, 0.5) is 17.1 Å². The first-order chi connectivity index (χ1) is 8.08. The lowest BCUT2D eigenvalue weighted by molar-refractivity contribution is 1.45. The summed E-state index contributed by atoms with van der Waals surface area (Å²) < 4.78 is 0. The van der Waals surface area contributed by atoms with E-state index >= 15 is 0 Å². The van der Waals surface area contributed by atoms with Crippen molar-refractivity contribution in [2.75, 3.05) is 11.1 Å². The van der Waals surface area contributed by atoms with Crippen LogP contribution >= 0.6 is 23.2 Å². The summed E-state index contributed by atoms with van der Waals surface area (Å²) in [4.78, 5) is 0. The number of halogens is 2. The Morgan fingerprint density at radius 3 is 2.35 bits per heavy atom. The van der Waals surface area contributed by atoms with Crippen molar-refractivity contribution in [2.24, 2.45) is 0 Å². The number of rotatable bonds is 2. The number of hydrogen-bond acceptors (Lipinski definition) is 2. The molecule has 0 saturated carbocycles. The second-order valence-corrected chi connectivity index (χ2v) is 4.63. The third-order valence-electron chi connectivity index (χ3n) is 2.43. The van der Waals surface area contributed by atoms with E-state index in [1.54, 1.807) is 18.2 Å². The molecule has 0 radical (unpaired) electrons. The van der Waals surface area contributed by atoms with Gasteiger partial charge in [-0.3, -0.25) is 0 Å². The summed E-state index contributed by atoms with van der Waals surface area (Å²) in [6, 6.07) is 11.1. The molecule has 88 valence electrons. The molecule has 2 aromatic carbocycles. The van der Waals surface area contributed by atoms with Gasteiger partial charge in [0, 0.05) is 0 Å². The molecule has 3 N–H and O–H groups in total. The first-order valence-corrected chi connectivity index (χ1v) is 5.90. The van der Waals surface area contributed by atoms with Crippen molar-refractivity contribution in [1.29, 1.82) is 0 Å². The van der Waals surface area contributed by atoms with Crippen LogP contribution in [0.15, 0.2) is 36.4 Å². The zero-order valence-electron chi connectivity index (χ0n) is 9.30. The second-order valence-electron chi connectivity index (χ2n) is 3.81. The van der Waals surface area contributed by atoms with Gasteiger partial charge < -0.3 is 11.1 Å². The van der Waals surface area contributed by atoms with Gasteiger partial charge in [-0.1, -0.05) is 35.3 Å². The summed E-state index contributed by atoms with van der Waals surface area (Å²) in [5.41, 5.74) is 9.14. The molecule has 17 heavy (non-hydrogen) atoms. The molecule has 0 aliphatic heterocycles. The van der Waals surface area contributed by atoms with E-state index in [0.717, 1.165) is 11.3 Å². The van der Waals surface area contributed by atoms with Gasteiger partial charge in [0.15, 0.2) is 0 Å². The summed E-state index contributed by atoms with van der Waals surface area (Å²) >= 11 is 12.2. The summed E-state index contributed by atoms with van der Waals surface area (Å²) in [6.45, 7) is 2.00. The zero-order valence-corrected chi connectivity index (χ0v) is 10.8. The molecule has 0 amide bonds. The average Bonchev–Trinajstić information content (AvgIpc) is 2.28. The monoisotopic (exact) mass is 266 g/mol. The standard InChI is InChI=1S/C13H12Cl2N2/c1-8-5-6-11(16)12(7-8)17-13-9(14)3-2-4-10(13)15/h2-7,17H,16H2,1H3. The van der Waals surface area contributed by atoms with Gasteiger partial charge in [-0.05, 0) is 36.8 Å². The van der Waals surface area contributed by atoms with Crippen molar-refractivity contribution >= 4 is 40.3 Å².